The topological polar surface area (TPSA) is 127 Å². The Morgan fingerprint density at radius 2 is 2.45 bits per heavy atom. The Hall–Kier alpha value is -1.68. The van der Waals surface area contributed by atoms with E-state index in [1.165, 1.54) is 0 Å². The van der Waals surface area contributed by atoms with E-state index in [0.29, 0.717) is 0 Å². The van der Waals surface area contributed by atoms with Gasteiger partial charge in [0.05, 0.1) is 12.5 Å². The highest BCUT2D eigenvalue weighted by atomic mass is 16.7. The van der Waals surface area contributed by atoms with Gasteiger partial charge in [0.1, 0.15) is 0 Å². The molecule has 1 atom stereocenters. The number of nitriles is 1. The number of carbonyl (C=O) groups is 1. The molecule has 0 fully saturated rings. The largest absolute Gasteiger partial charge is 0.372 e. The first-order valence-electron chi connectivity index (χ1n) is 2.63. The van der Waals surface area contributed by atoms with Crippen molar-refractivity contribution in [2.45, 2.75) is 12.5 Å². The molecule has 0 aromatic carbocycles. The maximum absolute atomic E-state index is 10.6. The number of carbonyl (C=O) groups excluding carboxylic acids is 1. The van der Waals surface area contributed by atoms with E-state index in [4.69, 9.17) is 5.26 Å². The summed E-state index contributed by atoms with van der Waals surface area (Å²) in [6, 6.07) is 0.684. The van der Waals surface area contributed by atoms with Crippen LogP contribution >= 0.6 is 0 Å². The average molecular weight is 157 g/mol. The highest BCUT2D eigenvalue weighted by Crippen LogP contribution is 1.98. The Labute approximate surface area is 62.6 Å². The second-order valence-electron chi connectivity index (χ2n) is 1.55. The molecule has 0 unspecified atom stereocenters. The SMILES string of the molecule is N#CC[C@H](N=NN)C(=O)ON. The monoisotopic (exact) mass is 157 g/mol. The number of hydrogen-bond donors (Lipinski definition) is 2. The summed E-state index contributed by atoms with van der Waals surface area (Å²) in [7, 11) is 0. The summed E-state index contributed by atoms with van der Waals surface area (Å²) in [5, 5.41) is 14.2. The Morgan fingerprint density at radius 1 is 1.82 bits per heavy atom. The molecule has 0 aliphatic rings. The van der Waals surface area contributed by atoms with Gasteiger partial charge in [-0.25, -0.2) is 4.79 Å². The summed E-state index contributed by atoms with van der Waals surface area (Å²) in [5.74, 6) is 8.35. The summed E-state index contributed by atoms with van der Waals surface area (Å²) >= 11 is 0. The number of nitrogens with zero attached hydrogens (tertiary/aromatic N) is 3. The highest BCUT2D eigenvalue weighted by Gasteiger charge is 2.18. The lowest BCUT2D eigenvalue weighted by Crippen LogP contribution is -2.23. The van der Waals surface area contributed by atoms with E-state index in [1.54, 1.807) is 6.07 Å². The van der Waals surface area contributed by atoms with Crippen molar-refractivity contribution in [1.82, 2.24) is 0 Å². The minimum atomic E-state index is -1.02. The summed E-state index contributed by atoms with van der Waals surface area (Å²) in [6.07, 6.45) is -0.156. The Kier molecular flexibility index (Phi) is 4.35. The first kappa shape index (κ1) is 9.32. The zero-order valence-electron chi connectivity index (χ0n) is 5.60. The smallest absolute Gasteiger partial charge is 0.352 e. The van der Waals surface area contributed by atoms with Gasteiger partial charge >= 0.3 is 5.97 Å². The quantitative estimate of drug-likeness (QED) is 0.309. The van der Waals surface area contributed by atoms with Crippen molar-refractivity contribution in [3.05, 3.63) is 0 Å². The molecule has 7 nitrogen and oxygen atoms in total. The van der Waals surface area contributed by atoms with Crippen LogP contribution in [0.2, 0.25) is 0 Å². The first-order valence-corrected chi connectivity index (χ1v) is 2.63. The third kappa shape index (κ3) is 3.12. The van der Waals surface area contributed by atoms with Crippen LogP contribution in [0.15, 0.2) is 10.3 Å². The van der Waals surface area contributed by atoms with Gasteiger partial charge < -0.3 is 10.7 Å². The summed E-state index contributed by atoms with van der Waals surface area (Å²) in [4.78, 5) is 14.4. The third-order valence-corrected chi connectivity index (χ3v) is 0.879. The molecule has 0 spiro atoms. The standard InChI is InChI=1S/C4H7N5O2/c5-2-1-3(8-9-6)4(10)11-7/h3H,1,7H2,(H2,6,8)/t3-/m0/s1. The molecular weight excluding hydrogens is 150 g/mol. The number of hydrogen-bond acceptors (Lipinski definition) is 6. The van der Waals surface area contributed by atoms with Gasteiger partial charge in [-0.15, -0.1) is 0 Å². The maximum atomic E-state index is 10.6. The van der Waals surface area contributed by atoms with Crippen molar-refractivity contribution >= 4 is 5.97 Å². The molecule has 0 amide bonds. The fourth-order valence-electron chi connectivity index (χ4n) is 0.417. The van der Waals surface area contributed by atoms with Crippen LogP contribution in [-0.4, -0.2) is 12.0 Å². The average Bonchev–Trinajstić information content (AvgIpc) is 2.03. The first-order chi connectivity index (χ1) is 5.26. The van der Waals surface area contributed by atoms with Crippen LogP contribution in [0.4, 0.5) is 0 Å². The van der Waals surface area contributed by atoms with Crippen LogP contribution in [0.5, 0.6) is 0 Å². The molecule has 0 saturated heterocycles. The van der Waals surface area contributed by atoms with Crippen LogP contribution in [0.25, 0.3) is 0 Å². The molecule has 0 bridgehead atoms. The summed E-state index contributed by atoms with van der Waals surface area (Å²) in [6.45, 7) is 0. The molecule has 0 heterocycles. The summed E-state index contributed by atoms with van der Waals surface area (Å²) < 4.78 is 0. The predicted molar refractivity (Wildman–Crippen MR) is 33.3 cm³/mol. The zero-order valence-corrected chi connectivity index (χ0v) is 5.60. The zero-order chi connectivity index (χ0) is 8.69. The van der Waals surface area contributed by atoms with Crippen molar-refractivity contribution in [2.75, 3.05) is 0 Å². The van der Waals surface area contributed by atoms with Crippen LogP contribution in [0.1, 0.15) is 6.42 Å². The third-order valence-electron chi connectivity index (χ3n) is 0.879. The minimum absolute atomic E-state index is 0.156. The van der Waals surface area contributed by atoms with E-state index < -0.39 is 12.0 Å². The highest BCUT2D eigenvalue weighted by molar-refractivity contribution is 5.75. The molecule has 0 aliphatic carbocycles. The van der Waals surface area contributed by atoms with Crippen LogP contribution in [-0.2, 0) is 9.63 Å². The van der Waals surface area contributed by atoms with Crippen molar-refractivity contribution in [3.8, 4) is 6.07 Å². The fraction of sp³-hybridized carbons (Fsp3) is 0.500. The van der Waals surface area contributed by atoms with Gasteiger partial charge in [0.15, 0.2) is 6.04 Å². The molecule has 0 radical (unpaired) electrons. The minimum Gasteiger partial charge on any atom is -0.372 e. The second-order valence-corrected chi connectivity index (χ2v) is 1.55. The molecule has 0 aliphatic heterocycles. The van der Waals surface area contributed by atoms with Crippen molar-refractivity contribution in [3.63, 3.8) is 0 Å². The number of rotatable bonds is 3. The van der Waals surface area contributed by atoms with Gasteiger partial charge in [0.25, 0.3) is 0 Å². The Morgan fingerprint density at radius 3 is 2.82 bits per heavy atom. The van der Waals surface area contributed by atoms with Crippen LogP contribution < -0.4 is 11.7 Å². The lowest BCUT2D eigenvalue weighted by atomic mass is 10.2. The lowest BCUT2D eigenvalue weighted by Gasteiger charge is -2.00. The molecule has 7 heteroatoms. The Bertz CT molecular complexity index is 195. The van der Waals surface area contributed by atoms with Gasteiger partial charge in [-0.3, -0.25) is 0 Å². The van der Waals surface area contributed by atoms with E-state index in [9.17, 15) is 4.79 Å². The van der Waals surface area contributed by atoms with Gasteiger partial charge in [-0.05, 0) is 0 Å². The fourth-order valence-corrected chi connectivity index (χ4v) is 0.417. The van der Waals surface area contributed by atoms with E-state index >= 15 is 0 Å². The van der Waals surface area contributed by atoms with Crippen molar-refractivity contribution in [1.29, 1.82) is 5.26 Å². The van der Waals surface area contributed by atoms with Crippen LogP contribution in [0.3, 0.4) is 0 Å². The summed E-state index contributed by atoms with van der Waals surface area (Å²) in [5.41, 5.74) is 0. The number of nitrogens with two attached hydrogens (primary N) is 2. The predicted octanol–water partition coefficient (Wildman–Crippen LogP) is -0.989. The molecule has 0 aromatic heterocycles. The molecule has 0 aromatic rings. The van der Waals surface area contributed by atoms with Gasteiger partial charge in [0, 0.05) is 0 Å². The molecule has 0 rings (SSSR count). The Balaban J connectivity index is 4.11. The maximum Gasteiger partial charge on any atom is 0.352 e. The van der Waals surface area contributed by atoms with Crippen molar-refractivity contribution < 1.29 is 9.63 Å². The van der Waals surface area contributed by atoms with Gasteiger partial charge in [-0.2, -0.15) is 16.3 Å². The van der Waals surface area contributed by atoms with E-state index in [-0.39, 0.29) is 6.42 Å². The molecular formula is C4H7N5O2. The molecule has 11 heavy (non-hydrogen) atoms. The molecule has 4 N–H and O–H groups in total. The molecule has 60 valence electrons. The van der Waals surface area contributed by atoms with E-state index in [1.807, 2.05) is 0 Å². The molecule has 0 saturated carbocycles. The normalized spacial score (nSPS) is 12.4. The van der Waals surface area contributed by atoms with E-state index in [2.05, 4.69) is 26.9 Å². The lowest BCUT2D eigenvalue weighted by molar-refractivity contribution is -0.145. The van der Waals surface area contributed by atoms with Crippen molar-refractivity contribution in [2.24, 2.45) is 22.1 Å². The van der Waals surface area contributed by atoms with Gasteiger partial charge in [-0.1, -0.05) is 5.22 Å². The van der Waals surface area contributed by atoms with Crippen LogP contribution in [0, 0.1) is 11.3 Å². The second kappa shape index (κ2) is 5.13. The van der Waals surface area contributed by atoms with Gasteiger partial charge in [0.2, 0.25) is 0 Å². The van der Waals surface area contributed by atoms with E-state index in [0.717, 1.165) is 0 Å².